The Labute approximate surface area is 93.5 Å². The van der Waals surface area contributed by atoms with Crippen LogP contribution < -0.4 is 5.32 Å². The smallest absolute Gasteiger partial charge is 0.0830 e. The van der Waals surface area contributed by atoms with E-state index >= 15 is 0 Å². The van der Waals surface area contributed by atoms with Crippen LogP contribution >= 0.6 is 0 Å². The van der Waals surface area contributed by atoms with Crippen LogP contribution in [0, 0.1) is 5.92 Å². The van der Waals surface area contributed by atoms with Crippen molar-refractivity contribution in [3.05, 3.63) is 0 Å². The molecular formula is C12H25NO2. The number of rotatable bonds is 8. The van der Waals surface area contributed by atoms with E-state index in [4.69, 9.17) is 9.47 Å². The summed E-state index contributed by atoms with van der Waals surface area (Å²) in [7, 11) is 0. The molecule has 0 saturated carbocycles. The molecular weight excluding hydrogens is 190 g/mol. The Hall–Kier alpha value is -0.120. The molecule has 0 bridgehead atoms. The van der Waals surface area contributed by atoms with Crippen molar-refractivity contribution >= 4 is 0 Å². The molecule has 1 aliphatic heterocycles. The maximum Gasteiger partial charge on any atom is 0.0830 e. The van der Waals surface area contributed by atoms with Crippen molar-refractivity contribution in [3.8, 4) is 0 Å². The lowest BCUT2D eigenvalue weighted by molar-refractivity contribution is 0.0408. The molecule has 1 heterocycles. The summed E-state index contributed by atoms with van der Waals surface area (Å²) in [5.74, 6) is 0.747. The molecule has 1 N–H and O–H groups in total. The van der Waals surface area contributed by atoms with Crippen molar-refractivity contribution in [2.24, 2.45) is 5.92 Å². The lowest BCUT2D eigenvalue weighted by Gasteiger charge is -2.10. The zero-order valence-corrected chi connectivity index (χ0v) is 10.1. The van der Waals surface area contributed by atoms with Gasteiger partial charge in [-0.15, -0.1) is 0 Å². The zero-order valence-electron chi connectivity index (χ0n) is 10.1. The molecule has 0 aromatic heterocycles. The van der Waals surface area contributed by atoms with Gasteiger partial charge >= 0.3 is 0 Å². The van der Waals surface area contributed by atoms with Crippen LogP contribution in [0.4, 0.5) is 0 Å². The first-order valence-corrected chi connectivity index (χ1v) is 6.19. The summed E-state index contributed by atoms with van der Waals surface area (Å²) < 4.78 is 10.9. The molecule has 1 unspecified atom stereocenters. The average Bonchev–Trinajstić information content (AvgIpc) is 2.68. The second kappa shape index (κ2) is 8.08. The first-order valence-electron chi connectivity index (χ1n) is 6.19. The average molecular weight is 215 g/mol. The van der Waals surface area contributed by atoms with E-state index in [1.165, 1.54) is 6.42 Å². The van der Waals surface area contributed by atoms with Crippen LogP contribution in [0.15, 0.2) is 0 Å². The number of nitrogens with one attached hydrogen (secondary N) is 1. The standard InChI is InChI=1S/C12H25NO2/c1-11(2)9-13-6-3-4-7-15-12-5-8-14-10-12/h11-13H,3-10H2,1-2H3. The monoisotopic (exact) mass is 215 g/mol. The fourth-order valence-electron chi connectivity index (χ4n) is 1.64. The Morgan fingerprint density at radius 3 is 2.93 bits per heavy atom. The van der Waals surface area contributed by atoms with Gasteiger partial charge in [-0.25, -0.2) is 0 Å². The summed E-state index contributed by atoms with van der Waals surface area (Å²) in [5, 5.41) is 3.43. The van der Waals surface area contributed by atoms with Gasteiger partial charge in [0.05, 0.1) is 12.7 Å². The Kier molecular flexibility index (Phi) is 6.98. The molecule has 1 saturated heterocycles. The molecule has 90 valence electrons. The summed E-state index contributed by atoms with van der Waals surface area (Å²) in [6.45, 7) is 9.26. The largest absolute Gasteiger partial charge is 0.379 e. The minimum atomic E-state index is 0.369. The molecule has 1 rings (SSSR count). The first-order chi connectivity index (χ1) is 7.29. The lowest BCUT2D eigenvalue weighted by Crippen LogP contribution is -2.21. The third-order valence-electron chi connectivity index (χ3n) is 2.54. The van der Waals surface area contributed by atoms with E-state index in [9.17, 15) is 0 Å². The second-order valence-corrected chi connectivity index (χ2v) is 4.66. The fourth-order valence-corrected chi connectivity index (χ4v) is 1.64. The minimum absolute atomic E-state index is 0.369. The van der Waals surface area contributed by atoms with Gasteiger partial charge < -0.3 is 14.8 Å². The molecule has 0 amide bonds. The van der Waals surface area contributed by atoms with Crippen LogP contribution in [0.5, 0.6) is 0 Å². The Bertz CT molecular complexity index is 145. The third kappa shape index (κ3) is 6.88. The molecule has 1 atom stereocenters. The molecule has 1 fully saturated rings. The molecule has 3 nitrogen and oxygen atoms in total. The van der Waals surface area contributed by atoms with Crippen LogP contribution in [0.3, 0.4) is 0 Å². The number of ether oxygens (including phenoxy) is 2. The van der Waals surface area contributed by atoms with Crippen LogP contribution in [0.2, 0.25) is 0 Å². The normalized spacial score (nSPS) is 21.4. The van der Waals surface area contributed by atoms with Gasteiger partial charge in [0.15, 0.2) is 0 Å². The van der Waals surface area contributed by atoms with Crippen molar-refractivity contribution in [1.29, 1.82) is 0 Å². The Morgan fingerprint density at radius 2 is 2.27 bits per heavy atom. The highest BCUT2D eigenvalue weighted by Gasteiger charge is 2.14. The maximum absolute atomic E-state index is 5.68. The van der Waals surface area contributed by atoms with Crippen molar-refractivity contribution in [3.63, 3.8) is 0 Å². The van der Waals surface area contributed by atoms with E-state index in [1.54, 1.807) is 0 Å². The number of unbranched alkanes of at least 4 members (excludes halogenated alkanes) is 1. The summed E-state index contributed by atoms with van der Waals surface area (Å²) in [6.07, 6.45) is 3.81. The van der Waals surface area contributed by atoms with Gasteiger partial charge in [0.25, 0.3) is 0 Å². The van der Waals surface area contributed by atoms with Gasteiger partial charge in [0, 0.05) is 13.2 Å². The van der Waals surface area contributed by atoms with E-state index in [2.05, 4.69) is 19.2 Å². The van der Waals surface area contributed by atoms with Gasteiger partial charge in [-0.1, -0.05) is 13.8 Å². The van der Waals surface area contributed by atoms with E-state index < -0.39 is 0 Å². The second-order valence-electron chi connectivity index (χ2n) is 4.66. The summed E-state index contributed by atoms with van der Waals surface area (Å²) >= 11 is 0. The van der Waals surface area contributed by atoms with E-state index in [-0.39, 0.29) is 0 Å². The Balaban J connectivity index is 1.76. The first kappa shape index (κ1) is 12.9. The molecule has 0 aromatic carbocycles. The molecule has 1 aliphatic rings. The maximum atomic E-state index is 5.68. The van der Waals surface area contributed by atoms with Gasteiger partial charge in [-0.2, -0.15) is 0 Å². The molecule has 0 radical (unpaired) electrons. The SMILES string of the molecule is CC(C)CNCCCCOC1CCOC1. The molecule has 0 spiro atoms. The van der Waals surface area contributed by atoms with Crippen molar-refractivity contribution in [1.82, 2.24) is 5.32 Å². The lowest BCUT2D eigenvalue weighted by atomic mass is 10.2. The van der Waals surface area contributed by atoms with Crippen molar-refractivity contribution in [2.45, 2.75) is 39.2 Å². The molecule has 15 heavy (non-hydrogen) atoms. The quantitative estimate of drug-likeness (QED) is 0.626. The molecule has 0 aliphatic carbocycles. The third-order valence-corrected chi connectivity index (χ3v) is 2.54. The number of hydrogen-bond acceptors (Lipinski definition) is 3. The van der Waals surface area contributed by atoms with Crippen LogP contribution in [-0.2, 0) is 9.47 Å². The summed E-state index contributed by atoms with van der Waals surface area (Å²) in [4.78, 5) is 0. The van der Waals surface area contributed by atoms with Gasteiger partial charge in [-0.05, 0) is 38.3 Å². The topological polar surface area (TPSA) is 30.5 Å². The highest BCUT2D eigenvalue weighted by molar-refractivity contribution is 4.62. The van der Waals surface area contributed by atoms with Crippen LogP contribution in [0.1, 0.15) is 33.1 Å². The highest BCUT2D eigenvalue weighted by Crippen LogP contribution is 2.08. The van der Waals surface area contributed by atoms with Gasteiger partial charge in [0.2, 0.25) is 0 Å². The number of hydrogen-bond donors (Lipinski definition) is 1. The van der Waals surface area contributed by atoms with Gasteiger partial charge in [-0.3, -0.25) is 0 Å². The summed E-state index contributed by atoms with van der Waals surface area (Å²) in [6, 6.07) is 0. The highest BCUT2D eigenvalue weighted by atomic mass is 16.5. The van der Waals surface area contributed by atoms with Crippen molar-refractivity contribution < 1.29 is 9.47 Å². The van der Waals surface area contributed by atoms with Crippen molar-refractivity contribution in [2.75, 3.05) is 32.9 Å². The predicted octanol–water partition coefficient (Wildman–Crippen LogP) is 1.82. The fraction of sp³-hybridized carbons (Fsp3) is 1.00. The van der Waals surface area contributed by atoms with E-state index in [0.717, 1.165) is 51.7 Å². The van der Waals surface area contributed by atoms with E-state index in [0.29, 0.717) is 6.10 Å². The molecule has 3 heteroatoms. The summed E-state index contributed by atoms with van der Waals surface area (Å²) in [5.41, 5.74) is 0. The Morgan fingerprint density at radius 1 is 1.40 bits per heavy atom. The minimum Gasteiger partial charge on any atom is -0.379 e. The zero-order chi connectivity index (χ0) is 10.9. The van der Waals surface area contributed by atoms with E-state index in [1.807, 2.05) is 0 Å². The van der Waals surface area contributed by atoms with Crippen LogP contribution in [0.25, 0.3) is 0 Å². The molecule has 0 aromatic rings. The predicted molar refractivity (Wildman–Crippen MR) is 62.1 cm³/mol. The van der Waals surface area contributed by atoms with Gasteiger partial charge in [0.1, 0.15) is 0 Å². The van der Waals surface area contributed by atoms with Crippen LogP contribution in [-0.4, -0.2) is 39.0 Å².